The van der Waals surface area contributed by atoms with Crippen molar-refractivity contribution >= 4 is 16.1 Å². The van der Waals surface area contributed by atoms with Gasteiger partial charge in [0.25, 0.3) is 10.1 Å². The average Bonchev–Trinajstić information content (AvgIpc) is 2.15. The Morgan fingerprint density at radius 3 is 2.31 bits per heavy atom. The predicted octanol–water partition coefficient (Wildman–Crippen LogP) is 1.33. The molecule has 6 heteroatoms. The standard InChI is InChI=1S/C10H20O5S/c1-4-6-9(10(11)14-5-2)7-8-15-16(3,12)13/h9H,4-8H2,1-3H3/t9-/m1/s1. The van der Waals surface area contributed by atoms with Gasteiger partial charge < -0.3 is 4.74 Å². The highest BCUT2D eigenvalue weighted by molar-refractivity contribution is 7.85. The lowest BCUT2D eigenvalue weighted by Gasteiger charge is -2.13. The van der Waals surface area contributed by atoms with Gasteiger partial charge in [0.1, 0.15) is 0 Å². The van der Waals surface area contributed by atoms with Gasteiger partial charge in [0.2, 0.25) is 0 Å². The third-order valence-corrected chi connectivity index (χ3v) is 2.62. The molecule has 96 valence electrons. The van der Waals surface area contributed by atoms with Crippen molar-refractivity contribution in [3.63, 3.8) is 0 Å². The van der Waals surface area contributed by atoms with Crippen molar-refractivity contribution in [2.45, 2.75) is 33.1 Å². The molecule has 0 heterocycles. The zero-order valence-corrected chi connectivity index (χ0v) is 10.9. The summed E-state index contributed by atoms with van der Waals surface area (Å²) in [7, 11) is -3.42. The number of rotatable bonds is 8. The molecule has 0 spiro atoms. The maximum absolute atomic E-state index is 11.5. The largest absolute Gasteiger partial charge is 0.466 e. The maximum Gasteiger partial charge on any atom is 0.309 e. The Morgan fingerprint density at radius 1 is 1.25 bits per heavy atom. The summed E-state index contributed by atoms with van der Waals surface area (Å²) >= 11 is 0. The van der Waals surface area contributed by atoms with Gasteiger partial charge in [-0.1, -0.05) is 13.3 Å². The van der Waals surface area contributed by atoms with Crippen LogP contribution in [0, 0.1) is 5.92 Å². The van der Waals surface area contributed by atoms with Gasteiger partial charge in [-0.3, -0.25) is 8.98 Å². The van der Waals surface area contributed by atoms with Gasteiger partial charge in [0, 0.05) is 0 Å². The summed E-state index contributed by atoms with van der Waals surface area (Å²) in [5.74, 6) is -0.548. The highest BCUT2D eigenvalue weighted by Gasteiger charge is 2.19. The highest BCUT2D eigenvalue weighted by Crippen LogP contribution is 2.14. The van der Waals surface area contributed by atoms with E-state index in [1.54, 1.807) is 6.92 Å². The monoisotopic (exact) mass is 252 g/mol. The molecule has 16 heavy (non-hydrogen) atoms. The van der Waals surface area contributed by atoms with Crippen molar-refractivity contribution in [1.82, 2.24) is 0 Å². The van der Waals surface area contributed by atoms with E-state index in [-0.39, 0.29) is 18.5 Å². The molecule has 0 aromatic carbocycles. The number of esters is 1. The lowest BCUT2D eigenvalue weighted by atomic mass is 10.0. The number of hydrogen-bond acceptors (Lipinski definition) is 5. The van der Waals surface area contributed by atoms with Crippen LogP contribution in [-0.4, -0.2) is 33.9 Å². The van der Waals surface area contributed by atoms with Crippen LogP contribution in [0.2, 0.25) is 0 Å². The zero-order chi connectivity index (χ0) is 12.6. The molecule has 0 fully saturated rings. The second kappa shape index (κ2) is 7.62. The number of carbonyl (C=O) groups is 1. The smallest absolute Gasteiger partial charge is 0.309 e. The molecule has 0 radical (unpaired) electrons. The Labute approximate surface area is 97.2 Å². The van der Waals surface area contributed by atoms with Crippen LogP contribution in [0.3, 0.4) is 0 Å². The molecule has 0 saturated heterocycles. The van der Waals surface area contributed by atoms with Crippen molar-refractivity contribution in [2.24, 2.45) is 5.92 Å². The minimum Gasteiger partial charge on any atom is -0.466 e. The summed E-state index contributed by atoms with van der Waals surface area (Å²) in [5.41, 5.74) is 0. The second-order valence-electron chi connectivity index (χ2n) is 3.55. The number of hydrogen-bond donors (Lipinski definition) is 0. The SMILES string of the molecule is CCC[C@H](CCOS(C)(=O)=O)C(=O)OCC. The molecule has 0 bridgehead atoms. The van der Waals surface area contributed by atoms with Crippen molar-refractivity contribution < 1.29 is 22.1 Å². The molecule has 0 aromatic rings. The first-order chi connectivity index (χ1) is 7.40. The molecular formula is C10H20O5S. The van der Waals surface area contributed by atoms with Gasteiger partial charge in [-0.15, -0.1) is 0 Å². The van der Waals surface area contributed by atoms with Crippen LogP contribution in [0.5, 0.6) is 0 Å². The maximum atomic E-state index is 11.5. The third-order valence-electron chi connectivity index (χ3n) is 2.02. The first kappa shape index (κ1) is 15.4. The van der Waals surface area contributed by atoms with Gasteiger partial charge in [-0.2, -0.15) is 8.42 Å². The Bertz CT molecular complexity index is 296. The van der Waals surface area contributed by atoms with Crippen molar-refractivity contribution in [2.75, 3.05) is 19.5 Å². The fourth-order valence-corrected chi connectivity index (χ4v) is 1.73. The molecule has 0 aliphatic carbocycles. The van der Waals surface area contributed by atoms with Gasteiger partial charge in [-0.05, 0) is 19.8 Å². The molecule has 0 aliphatic heterocycles. The van der Waals surface area contributed by atoms with Gasteiger partial charge in [0.15, 0.2) is 0 Å². The van der Waals surface area contributed by atoms with Crippen molar-refractivity contribution in [3.05, 3.63) is 0 Å². The van der Waals surface area contributed by atoms with E-state index in [2.05, 4.69) is 4.18 Å². The minimum atomic E-state index is -3.42. The summed E-state index contributed by atoms with van der Waals surface area (Å²) < 4.78 is 30.9. The van der Waals surface area contributed by atoms with Crippen LogP contribution < -0.4 is 0 Å². The summed E-state index contributed by atoms with van der Waals surface area (Å²) in [6, 6.07) is 0. The van der Waals surface area contributed by atoms with Crippen LogP contribution in [-0.2, 0) is 23.8 Å². The molecule has 0 amide bonds. The Hall–Kier alpha value is -0.620. The van der Waals surface area contributed by atoms with Gasteiger partial charge >= 0.3 is 5.97 Å². The quantitative estimate of drug-likeness (QED) is 0.481. The van der Waals surface area contributed by atoms with Crippen LogP contribution in [0.4, 0.5) is 0 Å². The van der Waals surface area contributed by atoms with E-state index in [4.69, 9.17) is 4.74 Å². The zero-order valence-electron chi connectivity index (χ0n) is 10.1. The Kier molecular flexibility index (Phi) is 7.33. The highest BCUT2D eigenvalue weighted by atomic mass is 32.2. The van der Waals surface area contributed by atoms with E-state index >= 15 is 0 Å². The number of ether oxygens (including phenoxy) is 1. The van der Waals surface area contributed by atoms with Crippen molar-refractivity contribution in [3.8, 4) is 0 Å². The van der Waals surface area contributed by atoms with E-state index in [9.17, 15) is 13.2 Å². The summed E-state index contributed by atoms with van der Waals surface area (Å²) in [5, 5.41) is 0. The average molecular weight is 252 g/mol. The molecule has 0 saturated carbocycles. The lowest BCUT2D eigenvalue weighted by molar-refractivity contribution is -0.148. The van der Waals surface area contributed by atoms with E-state index < -0.39 is 10.1 Å². The molecular weight excluding hydrogens is 232 g/mol. The van der Waals surface area contributed by atoms with E-state index in [1.165, 1.54) is 0 Å². The molecule has 0 aromatic heterocycles. The molecule has 0 unspecified atom stereocenters. The Morgan fingerprint density at radius 2 is 1.88 bits per heavy atom. The van der Waals surface area contributed by atoms with Crippen LogP contribution >= 0.6 is 0 Å². The fourth-order valence-electron chi connectivity index (χ4n) is 1.33. The van der Waals surface area contributed by atoms with E-state index in [0.29, 0.717) is 19.4 Å². The van der Waals surface area contributed by atoms with Crippen LogP contribution in [0.25, 0.3) is 0 Å². The van der Waals surface area contributed by atoms with Gasteiger partial charge in [-0.25, -0.2) is 0 Å². The summed E-state index contributed by atoms with van der Waals surface area (Å²) in [4.78, 5) is 11.5. The first-order valence-corrected chi connectivity index (χ1v) is 7.23. The predicted molar refractivity (Wildman–Crippen MR) is 60.4 cm³/mol. The fraction of sp³-hybridized carbons (Fsp3) is 0.900. The Balaban J connectivity index is 4.08. The van der Waals surface area contributed by atoms with E-state index in [0.717, 1.165) is 12.7 Å². The summed E-state index contributed by atoms with van der Waals surface area (Å²) in [6.07, 6.45) is 2.90. The normalized spacial score (nSPS) is 13.4. The van der Waals surface area contributed by atoms with Crippen LogP contribution in [0.1, 0.15) is 33.1 Å². The molecule has 0 aliphatic rings. The topological polar surface area (TPSA) is 69.7 Å². The minimum absolute atomic E-state index is 0.0301. The molecule has 0 N–H and O–H groups in total. The summed E-state index contributed by atoms with van der Waals surface area (Å²) in [6.45, 7) is 4.08. The second-order valence-corrected chi connectivity index (χ2v) is 5.20. The first-order valence-electron chi connectivity index (χ1n) is 5.41. The van der Waals surface area contributed by atoms with E-state index in [1.807, 2.05) is 6.92 Å². The van der Waals surface area contributed by atoms with Crippen molar-refractivity contribution in [1.29, 1.82) is 0 Å². The molecule has 1 atom stereocenters. The number of carbonyl (C=O) groups excluding carboxylic acids is 1. The molecule has 0 rings (SSSR count). The molecule has 5 nitrogen and oxygen atoms in total. The van der Waals surface area contributed by atoms with Gasteiger partial charge in [0.05, 0.1) is 25.4 Å². The third kappa shape index (κ3) is 7.64. The van der Waals surface area contributed by atoms with Crippen LogP contribution in [0.15, 0.2) is 0 Å². The lowest BCUT2D eigenvalue weighted by Crippen LogP contribution is -2.20.